The lowest BCUT2D eigenvalue weighted by Gasteiger charge is -2.23. The molecule has 39 heavy (non-hydrogen) atoms. The van der Waals surface area contributed by atoms with E-state index < -0.39 is 11.9 Å². The predicted molar refractivity (Wildman–Crippen MR) is 153 cm³/mol. The smallest absolute Gasteiger partial charge is 0.335 e. The highest BCUT2D eigenvalue weighted by molar-refractivity contribution is 5.96. The van der Waals surface area contributed by atoms with Crippen molar-refractivity contribution in [1.82, 2.24) is 0 Å². The molecule has 3 aliphatic carbocycles. The Morgan fingerprint density at radius 3 is 2.28 bits per heavy atom. The fourth-order valence-corrected chi connectivity index (χ4v) is 7.19. The Balaban J connectivity index is 1.30. The molecule has 0 saturated heterocycles. The van der Waals surface area contributed by atoms with E-state index in [9.17, 15) is 19.8 Å². The lowest BCUT2D eigenvalue weighted by Crippen LogP contribution is -2.24. The summed E-state index contributed by atoms with van der Waals surface area (Å²) >= 11 is 0. The van der Waals surface area contributed by atoms with Crippen molar-refractivity contribution in [3.63, 3.8) is 0 Å². The molecule has 200 valence electrons. The van der Waals surface area contributed by atoms with Gasteiger partial charge in [0.2, 0.25) is 0 Å². The average Bonchev–Trinajstić information content (AvgIpc) is 2.95. The maximum Gasteiger partial charge on any atom is 0.335 e. The van der Waals surface area contributed by atoms with E-state index in [0.717, 1.165) is 25.2 Å². The quantitative estimate of drug-likeness (QED) is 0.413. The van der Waals surface area contributed by atoms with Gasteiger partial charge in [-0.3, -0.25) is 0 Å². The van der Waals surface area contributed by atoms with Crippen LogP contribution in [0, 0.1) is 22.3 Å². The molecular formula is C35H36O4. The molecule has 0 spiro atoms. The first-order chi connectivity index (χ1) is 19.0. The summed E-state index contributed by atoms with van der Waals surface area (Å²) in [4.78, 5) is 23.6. The number of carboxylic acid groups (broad SMARTS) is 2. The highest BCUT2D eigenvalue weighted by Crippen LogP contribution is 2.28. The number of benzene rings is 3. The van der Waals surface area contributed by atoms with Crippen LogP contribution in [-0.4, -0.2) is 22.2 Å². The third-order valence-electron chi connectivity index (χ3n) is 9.25. The Kier molecular flexibility index (Phi) is 7.12. The van der Waals surface area contributed by atoms with Crippen LogP contribution in [0.4, 0.5) is 0 Å². The predicted octanol–water partition coefficient (Wildman–Crippen LogP) is 5.81. The topological polar surface area (TPSA) is 74.6 Å². The van der Waals surface area contributed by atoms with Gasteiger partial charge in [0.1, 0.15) is 0 Å². The molecule has 0 heterocycles. The van der Waals surface area contributed by atoms with Crippen molar-refractivity contribution in [1.29, 1.82) is 0 Å². The van der Waals surface area contributed by atoms with E-state index in [4.69, 9.17) is 0 Å². The third kappa shape index (κ3) is 5.17. The number of fused-ring (bicyclic) bond motifs is 4. The van der Waals surface area contributed by atoms with E-state index >= 15 is 0 Å². The van der Waals surface area contributed by atoms with Gasteiger partial charge in [-0.15, -0.1) is 0 Å². The molecule has 0 amide bonds. The molecule has 3 aromatic rings. The van der Waals surface area contributed by atoms with Crippen molar-refractivity contribution in [2.45, 2.75) is 70.6 Å². The lowest BCUT2D eigenvalue weighted by molar-refractivity contribution is 0.0695. The molecule has 0 bridgehead atoms. The summed E-state index contributed by atoms with van der Waals surface area (Å²) in [7, 11) is 0. The van der Waals surface area contributed by atoms with Gasteiger partial charge in [0.15, 0.2) is 0 Å². The van der Waals surface area contributed by atoms with Gasteiger partial charge in [-0.05, 0) is 106 Å². The van der Waals surface area contributed by atoms with E-state index in [1.165, 1.54) is 101 Å². The van der Waals surface area contributed by atoms with E-state index in [1.807, 2.05) is 0 Å². The maximum absolute atomic E-state index is 11.8. The molecule has 2 N–H and O–H groups in total. The fraction of sp³-hybridized carbons (Fsp3) is 0.371. The van der Waals surface area contributed by atoms with Gasteiger partial charge in [-0.25, -0.2) is 9.59 Å². The zero-order valence-corrected chi connectivity index (χ0v) is 22.4. The van der Waals surface area contributed by atoms with Crippen LogP contribution >= 0.6 is 0 Å². The second-order valence-corrected chi connectivity index (χ2v) is 11.6. The van der Waals surface area contributed by atoms with Gasteiger partial charge in [-0.2, -0.15) is 0 Å². The number of rotatable bonds is 7. The van der Waals surface area contributed by atoms with Crippen LogP contribution in [0.15, 0.2) is 48.5 Å². The molecule has 1 unspecified atom stereocenters. The molecule has 0 aromatic heterocycles. The molecule has 6 rings (SSSR count). The lowest BCUT2D eigenvalue weighted by atomic mass is 9.81. The van der Waals surface area contributed by atoms with Gasteiger partial charge in [0.25, 0.3) is 0 Å². The fourth-order valence-electron chi connectivity index (χ4n) is 7.19. The van der Waals surface area contributed by atoms with E-state index in [1.54, 1.807) is 0 Å². The maximum atomic E-state index is 11.8. The van der Waals surface area contributed by atoms with Crippen LogP contribution in [0.25, 0.3) is 12.2 Å². The normalized spacial score (nSPS) is 18.2. The largest absolute Gasteiger partial charge is 0.478 e. The first-order valence-electron chi connectivity index (χ1n) is 14.5. The van der Waals surface area contributed by atoms with Crippen molar-refractivity contribution in [2.75, 3.05) is 0 Å². The summed E-state index contributed by atoms with van der Waals surface area (Å²) in [6.45, 7) is 0. The standard InChI is InChI=1S/C35H36O4/c36-34(37)31-7-4-8-32(35(38)39)33(31)21-24-12-16-28-26(20-24)14-18-29-27-15-11-23(19-25(27)13-17-30(28)29)10-9-22-5-2-1-3-6-22/h4,7-8,11,13-15,18-20,22,24H,1-3,5-6,9-10,12,16-17,21H2,(H,36,37)(H,38,39). The summed E-state index contributed by atoms with van der Waals surface area (Å²) in [5.74, 6) is -1.16. The molecule has 1 fully saturated rings. The van der Waals surface area contributed by atoms with Crippen LogP contribution in [-0.2, 0) is 25.7 Å². The van der Waals surface area contributed by atoms with Crippen molar-refractivity contribution >= 4 is 24.1 Å². The van der Waals surface area contributed by atoms with Gasteiger partial charge in [0.05, 0.1) is 11.1 Å². The van der Waals surface area contributed by atoms with Crippen molar-refractivity contribution in [2.24, 2.45) is 11.8 Å². The van der Waals surface area contributed by atoms with E-state index in [2.05, 4.69) is 42.5 Å². The molecule has 1 saturated carbocycles. The van der Waals surface area contributed by atoms with E-state index in [0.29, 0.717) is 12.0 Å². The van der Waals surface area contributed by atoms with Crippen molar-refractivity contribution < 1.29 is 19.8 Å². The van der Waals surface area contributed by atoms with Crippen molar-refractivity contribution in [3.05, 3.63) is 103 Å². The van der Waals surface area contributed by atoms with Crippen LogP contribution in [0.2, 0.25) is 0 Å². The number of hydrogen-bond acceptors (Lipinski definition) is 2. The van der Waals surface area contributed by atoms with Crippen LogP contribution < -0.4 is 10.4 Å². The van der Waals surface area contributed by atoms with Crippen LogP contribution in [0.3, 0.4) is 0 Å². The Labute approximate surface area is 229 Å². The molecule has 0 radical (unpaired) electrons. The second-order valence-electron chi connectivity index (χ2n) is 11.6. The first-order valence-corrected chi connectivity index (χ1v) is 14.5. The minimum atomic E-state index is -1.08. The Morgan fingerprint density at radius 1 is 0.795 bits per heavy atom. The molecule has 4 nitrogen and oxygen atoms in total. The summed E-state index contributed by atoms with van der Waals surface area (Å²) in [6, 6.07) is 16.0. The molecule has 4 heteroatoms. The molecule has 3 aromatic carbocycles. The SMILES string of the molecule is O=C(O)c1cccc(C(=O)O)c1CC1C=c2ccc3c(c2CC1)CC=c1cc(CCC2CCCCC2)ccc1=3. The first kappa shape index (κ1) is 25.6. The summed E-state index contributed by atoms with van der Waals surface area (Å²) in [5, 5.41) is 24.6. The number of aromatic carboxylic acids is 2. The monoisotopic (exact) mass is 520 g/mol. The number of aryl methyl sites for hydroxylation is 1. The molecule has 0 aliphatic heterocycles. The minimum Gasteiger partial charge on any atom is -0.478 e. The Hall–Kier alpha value is -3.66. The van der Waals surface area contributed by atoms with Crippen LogP contribution in [0.1, 0.15) is 87.9 Å². The van der Waals surface area contributed by atoms with Gasteiger partial charge in [-0.1, -0.05) is 80.7 Å². The highest BCUT2D eigenvalue weighted by atomic mass is 16.4. The Morgan fingerprint density at radius 2 is 1.54 bits per heavy atom. The van der Waals surface area contributed by atoms with Crippen molar-refractivity contribution in [3.8, 4) is 0 Å². The number of carboxylic acids is 2. The third-order valence-corrected chi connectivity index (χ3v) is 9.25. The number of carbonyl (C=O) groups is 2. The molecular weight excluding hydrogens is 484 g/mol. The minimum absolute atomic E-state index is 0.0869. The second kappa shape index (κ2) is 10.8. The van der Waals surface area contributed by atoms with Gasteiger partial charge >= 0.3 is 11.9 Å². The zero-order valence-electron chi connectivity index (χ0n) is 22.4. The molecule has 3 aliphatic rings. The van der Waals surface area contributed by atoms with Gasteiger partial charge < -0.3 is 10.2 Å². The summed E-state index contributed by atoms with van der Waals surface area (Å²) in [6.07, 6.45) is 17.3. The summed E-state index contributed by atoms with van der Waals surface area (Å²) in [5.41, 5.74) is 4.84. The van der Waals surface area contributed by atoms with E-state index in [-0.39, 0.29) is 17.0 Å². The zero-order chi connectivity index (χ0) is 26.9. The van der Waals surface area contributed by atoms with Gasteiger partial charge in [0, 0.05) is 0 Å². The van der Waals surface area contributed by atoms with Crippen LogP contribution in [0.5, 0.6) is 0 Å². The Bertz CT molecular complexity index is 1630. The number of hydrogen-bond donors (Lipinski definition) is 2. The average molecular weight is 521 g/mol. The molecule has 1 atom stereocenters. The highest BCUT2D eigenvalue weighted by Gasteiger charge is 2.23. The summed E-state index contributed by atoms with van der Waals surface area (Å²) < 4.78 is 0.